The van der Waals surface area contributed by atoms with E-state index in [2.05, 4.69) is 15.9 Å². The van der Waals surface area contributed by atoms with Crippen LogP contribution in [-0.2, 0) is 0 Å². The Morgan fingerprint density at radius 1 is 1.29 bits per heavy atom. The van der Waals surface area contributed by atoms with Crippen LogP contribution in [-0.4, -0.2) is 18.0 Å². The number of aromatic hydroxyl groups is 1. The third kappa shape index (κ3) is 2.59. The minimum atomic E-state index is -0.0195. The number of methoxy groups -OCH3 is 1. The van der Waals surface area contributed by atoms with Crippen LogP contribution >= 0.6 is 27.7 Å². The molecule has 1 heterocycles. The van der Waals surface area contributed by atoms with Crippen LogP contribution in [0.5, 0.6) is 11.5 Å². The van der Waals surface area contributed by atoms with Crippen LogP contribution < -0.4 is 4.74 Å². The maximum atomic E-state index is 12.3. The molecule has 0 aliphatic carbocycles. The van der Waals surface area contributed by atoms with Crippen LogP contribution in [0.1, 0.15) is 15.9 Å². The monoisotopic (exact) mass is 362 g/mol. The number of hydrogen-bond donors (Lipinski definition) is 1. The zero-order valence-electron chi connectivity index (χ0n) is 11.1. The van der Waals surface area contributed by atoms with Gasteiger partial charge in [-0.05, 0) is 30.3 Å². The predicted molar refractivity (Wildman–Crippen MR) is 87.0 cm³/mol. The number of phenolic OH excluding ortho intramolecular Hbond substituents is 1. The lowest BCUT2D eigenvalue weighted by molar-refractivity contribution is 0.104. The maximum Gasteiger partial charge on any atom is 0.200 e. The standard InChI is InChI=1S/C16H11BrO3S/c1-20-12-8-10(17)6-9(15(12)18)7-14-16(19)11-4-2-3-5-13(11)21-14/h2-8,18H,1H3. The van der Waals surface area contributed by atoms with E-state index in [0.717, 1.165) is 9.37 Å². The van der Waals surface area contributed by atoms with E-state index in [0.29, 0.717) is 21.8 Å². The third-order valence-electron chi connectivity index (χ3n) is 3.15. The molecular formula is C16H11BrO3S. The molecule has 0 aromatic heterocycles. The number of rotatable bonds is 2. The van der Waals surface area contributed by atoms with Crippen molar-refractivity contribution in [3.05, 3.63) is 56.9 Å². The molecule has 0 spiro atoms. The molecule has 0 atom stereocenters. The number of carbonyl (C=O) groups is 1. The lowest BCUT2D eigenvalue weighted by atomic mass is 10.1. The maximum absolute atomic E-state index is 12.3. The Kier molecular flexibility index (Phi) is 3.78. The number of fused-ring (bicyclic) bond motifs is 1. The molecule has 21 heavy (non-hydrogen) atoms. The van der Waals surface area contributed by atoms with Crippen LogP contribution in [0.15, 0.2) is 50.7 Å². The molecule has 0 amide bonds. The summed E-state index contributed by atoms with van der Waals surface area (Å²) in [5.74, 6) is 0.371. The summed E-state index contributed by atoms with van der Waals surface area (Å²) in [5.41, 5.74) is 1.25. The second-order valence-corrected chi connectivity index (χ2v) is 6.48. The van der Waals surface area contributed by atoms with Crippen molar-refractivity contribution in [2.75, 3.05) is 7.11 Å². The van der Waals surface area contributed by atoms with Gasteiger partial charge >= 0.3 is 0 Å². The van der Waals surface area contributed by atoms with Crippen LogP contribution in [0.25, 0.3) is 6.08 Å². The van der Waals surface area contributed by atoms with Crippen molar-refractivity contribution in [2.24, 2.45) is 0 Å². The molecule has 2 aromatic rings. The van der Waals surface area contributed by atoms with Gasteiger partial charge in [0.1, 0.15) is 0 Å². The van der Waals surface area contributed by atoms with E-state index in [9.17, 15) is 9.90 Å². The van der Waals surface area contributed by atoms with E-state index in [1.807, 2.05) is 24.3 Å². The number of halogens is 1. The Bertz CT molecular complexity index is 768. The molecule has 5 heteroatoms. The first-order valence-electron chi connectivity index (χ1n) is 6.20. The molecule has 2 aromatic carbocycles. The molecule has 1 aliphatic heterocycles. The normalized spacial score (nSPS) is 15.3. The van der Waals surface area contributed by atoms with E-state index in [-0.39, 0.29) is 11.5 Å². The molecule has 106 valence electrons. The van der Waals surface area contributed by atoms with Gasteiger partial charge in [-0.15, -0.1) is 0 Å². The van der Waals surface area contributed by atoms with E-state index in [4.69, 9.17) is 4.74 Å². The summed E-state index contributed by atoms with van der Waals surface area (Å²) in [6.07, 6.45) is 1.69. The first-order chi connectivity index (χ1) is 10.1. The number of phenols is 1. The number of allylic oxidation sites excluding steroid dienone is 1. The highest BCUT2D eigenvalue weighted by molar-refractivity contribution is 9.10. The average Bonchev–Trinajstić information content (AvgIpc) is 2.79. The first-order valence-corrected chi connectivity index (χ1v) is 7.81. The van der Waals surface area contributed by atoms with Crippen LogP contribution in [0.3, 0.4) is 0 Å². The van der Waals surface area contributed by atoms with E-state index >= 15 is 0 Å². The van der Waals surface area contributed by atoms with E-state index in [1.54, 1.807) is 18.2 Å². The van der Waals surface area contributed by atoms with Gasteiger partial charge in [-0.25, -0.2) is 0 Å². The van der Waals surface area contributed by atoms with Gasteiger partial charge in [-0.2, -0.15) is 0 Å². The molecule has 0 bridgehead atoms. The highest BCUT2D eigenvalue weighted by Crippen LogP contribution is 2.42. The van der Waals surface area contributed by atoms with Crippen molar-refractivity contribution in [1.82, 2.24) is 0 Å². The van der Waals surface area contributed by atoms with E-state index < -0.39 is 0 Å². The van der Waals surface area contributed by atoms with Gasteiger partial charge in [0.15, 0.2) is 11.5 Å². The Balaban J connectivity index is 2.05. The zero-order chi connectivity index (χ0) is 15.0. The second kappa shape index (κ2) is 5.58. The number of ketones is 1. The number of carbonyl (C=O) groups excluding carboxylic acids is 1. The van der Waals surface area contributed by atoms with Gasteiger partial charge < -0.3 is 9.84 Å². The minimum absolute atomic E-state index is 0.0195. The van der Waals surface area contributed by atoms with Crippen molar-refractivity contribution in [2.45, 2.75) is 4.90 Å². The topological polar surface area (TPSA) is 46.5 Å². The fraction of sp³-hybridized carbons (Fsp3) is 0.0625. The van der Waals surface area contributed by atoms with Crippen molar-refractivity contribution in [1.29, 1.82) is 0 Å². The summed E-state index contributed by atoms with van der Waals surface area (Å²) in [6.45, 7) is 0. The molecule has 1 aliphatic rings. The molecule has 0 saturated heterocycles. The molecule has 1 N–H and O–H groups in total. The van der Waals surface area contributed by atoms with Crippen molar-refractivity contribution in [3.63, 3.8) is 0 Å². The second-order valence-electron chi connectivity index (χ2n) is 4.48. The molecule has 0 fully saturated rings. The quantitative estimate of drug-likeness (QED) is 0.799. The van der Waals surface area contributed by atoms with Gasteiger partial charge in [0.05, 0.1) is 12.0 Å². The number of Topliss-reactive ketones (excluding diaryl/α,β-unsaturated/α-hetero) is 1. The van der Waals surface area contributed by atoms with Gasteiger partial charge in [0, 0.05) is 20.5 Å². The van der Waals surface area contributed by atoms with E-state index in [1.165, 1.54) is 18.9 Å². The molecule has 3 rings (SSSR count). The highest BCUT2D eigenvalue weighted by atomic mass is 79.9. The number of hydrogen-bond acceptors (Lipinski definition) is 4. The Morgan fingerprint density at radius 3 is 2.76 bits per heavy atom. The number of thioether (sulfide) groups is 1. The summed E-state index contributed by atoms with van der Waals surface area (Å²) in [6, 6.07) is 10.9. The first kappa shape index (κ1) is 14.2. The fourth-order valence-electron chi connectivity index (χ4n) is 2.14. The summed E-state index contributed by atoms with van der Waals surface area (Å²) >= 11 is 4.78. The lowest BCUT2D eigenvalue weighted by Gasteiger charge is -2.07. The van der Waals surface area contributed by atoms with Gasteiger partial charge in [-0.3, -0.25) is 4.79 Å². The van der Waals surface area contributed by atoms with Crippen molar-refractivity contribution in [3.8, 4) is 11.5 Å². The zero-order valence-corrected chi connectivity index (χ0v) is 13.5. The Morgan fingerprint density at radius 2 is 2.05 bits per heavy atom. The average molecular weight is 363 g/mol. The Hall–Kier alpha value is -1.72. The van der Waals surface area contributed by atoms with Gasteiger partial charge in [0.2, 0.25) is 5.78 Å². The van der Waals surface area contributed by atoms with Gasteiger partial charge in [-0.1, -0.05) is 39.8 Å². The van der Waals surface area contributed by atoms with Crippen LogP contribution in [0, 0.1) is 0 Å². The molecule has 0 radical (unpaired) electrons. The highest BCUT2D eigenvalue weighted by Gasteiger charge is 2.25. The molecule has 0 unspecified atom stereocenters. The third-order valence-corrected chi connectivity index (χ3v) is 4.71. The van der Waals surface area contributed by atoms with Gasteiger partial charge in [0.25, 0.3) is 0 Å². The van der Waals surface area contributed by atoms with Crippen molar-refractivity contribution < 1.29 is 14.6 Å². The molecule has 0 saturated carbocycles. The SMILES string of the molecule is COc1cc(Br)cc(C=C2Sc3ccccc3C2=O)c1O. The van der Waals surface area contributed by atoms with Crippen LogP contribution in [0.4, 0.5) is 0 Å². The summed E-state index contributed by atoms with van der Waals surface area (Å²) in [4.78, 5) is 13.9. The fourth-order valence-corrected chi connectivity index (χ4v) is 3.63. The Labute approximate surface area is 134 Å². The summed E-state index contributed by atoms with van der Waals surface area (Å²) in [7, 11) is 1.49. The number of benzene rings is 2. The lowest BCUT2D eigenvalue weighted by Crippen LogP contribution is -1.94. The van der Waals surface area contributed by atoms with Crippen molar-refractivity contribution >= 4 is 39.6 Å². The van der Waals surface area contributed by atoms with Crippen LogP contribution in [0.2, 0.25) is 0 Å². The molecular weight excluding hydrogens is 352 g/mol. The smallest absolute Gasteiger partial charge is 0.200 e. The predicted octanol–water partition coefficient (Wildman–Crippen LogP) is 4.49. The summed E-state index contributed by atoms with van der Waals surface area (Å²) in [5, 5.41) is 10.2. The largest absolute Gasteiger partial charge is 0.504 e. The molecule has 3 nitrogen and oxygen atoms in total. The summed E-state index contributed by atoms with van der Waals surface area (Å²) < 4.78 is 5.89. The minimum Gasteiger partial charge on any atom is -0.504 e. The number of ether oxygens (including phenoxy) is 1.